The first-order chi connectivity index (χ1) is 8.74. The zero-order valence-corrected chi connectivity index (χ0v) is 11.5. The number of thiol groups is 1. The van der Waals surface area contributed by atoms with Gasteiger partial charge < -0.3 is 5.32 Å². The smallest absolute Gasteiger partial charge is 0.155 e. The van der Waals surface area contributed by atoms with Crippen molar-refractivity contribution in [3.8, 4) is 0 Å². The van der Waals surface area contributed by atoms with Crippen LogP contribution in [0.5, 0.6) is 0 Å². The number of nitrogens with zero attached hydrogens (tertiary/aromatic N) is 3. The summed E-state index contributed by atoms with van der Waals surface area (Å²) in [6.07, 6.45) is 8.40. The van der Waals surface area contributed by atoms with E-state index < -0.39 is 0 Å². The average Bonchev–Trinajstić information content (AvgIpc) is 2.73. The summed E-state index contributed by atoms with van der Waals surface area (Å²) in [6, 6.07) is 2.58. The first kappa shape index (κ1) is 11.8. The molecule has 1 N–H and O–H groups in total. The molecule has 2 aromatic heterocycles. The Hall–Kier alpha value is -1.23. The number of hydrogen-bond acceptors (Lipinski definition) is 4. The molecule has 0 bridgehead atoms. The predicted octanol–water partition coefficient (Wildman–Crippen LogP) is 3.18. The van der Waals surface area contributed by atoms with Gasteiger partial charge in [0.15, 0.2) is 5.65 Å². The average molecular weight is 262 g/mol. The van der Waals surface area contributed by atoms with Crippen molar-refractivity contribution in [3.63, 3.8) is 0 Å². The molecule has 18 heavy (non-hydrogen) atoms. The lowest BCUT2D eigenvalue weighted by Crippen LogP contribution is -2.23. The quantitative estimate of drug-likeness (QED) is 0.817. The van der Waals surface area contributed by atoms with Crippen molar-refractivity contribution in [2.45, 2.75) is 45.1 Å². The lowest BCUT2D eigenvalue weighted by atomic mass is 9.95. The Morgan fingerprint density at radius 3 is 2.83 bits per heavy atom. The number of aromatic nitrogens is 3. The summed E-state index contributed by atoms with van der Waals surface area (Å²) in [5.41, 5.74) is 0.879. The van der Waals surface area contributed by atoms with E-state index in [1.54, 1.807) is 3.97 Å². The fourth-order valence-corrected chi connectivity index (χ4v) is 2.88. The van der Waals surface area contributed by atoms with Gasteiger partial charge in [0.25, 0.3) is 0 Å². The number of aryl methyl sites for hydroxylation is 1. The van der Waals surface area contributed by atoms with E-state index in [2.05, 4.69) is 28.1 Å². The Morgan fingerprint density at radius 1 is 1.28 bits per heavy atom. The van der Waals surface area contributed by atoms with Crippen molar-refractivity contribution >= 4 is 29.7 Å². The Balaban J connectivity index is 1.94. The van der Waals surface area contributed by atoms with Gasteiger partial charge in [-0.3, -0.25) is 3.97 Å². The molecule has 0 unspecified atom stereocenters. The maximum Gasteiger partial charge on any atom is 0.155 e. The van der Waals surface area contributed by atoms with Crippen LogP contribution in [0.2, 0.25) is 0 Å². The predicted molar refractivity (Wildman–Crippen MR) is 77.1 cm³/mol. The molecule has 3 rings (SSSR count). The number of rotatable bonds is 2. The largest absolute Gasteiger partial charge is 0.367 e. The molecule has 0 aromatic carbocycles. The Bertz CT molecular complexity index is 557. The van der Waals surface area contributed by atoms with Crippen molar-refractivity contribution in [2.24, 2.45) is 0 Å². The van der Waals surface area contributed by atoms with Crippen LogP contribution in [-0.2, 0) is 0 Å². The van der Waals surface area contributed by atoms with E-state index in [0.717, 1.165) is 22.7 Å². The molecule has 4 nitrogen and oxygen atoms in total. The van der Waals surface area contributed by atoms with Gasteiger partial charge in [-0.15, -0.1) is 0 Å². The molecule has 2 aromatic rings. The van der Waals surface area contributed by atoms with Gasteiger partial charge >= 0.3 is 0 Å². The van der Waals surface area contributed by atoms with Gasteiger partial charge in [0, 0.05) is 12.2 Å². The SMILES string of the molecule is Cc1nc(NC2CCCCC2)c2ccn(S)c2n1. The molecular formula is C13H18N4S. The second kappa shape index (κ2) is 4.80. The Labute approximate surface area is 112 Å². The minimum Gasteiger partial charge on any atom is -0.367 e. The molecule has 5 heteroatoms. The van der Waals surface area contributed by atoms with Gasteiger partial charge in [0.1, 0.15) is 11.6 Å². The topological polar surface area (TPSA) is 42.7 Å². The van der Waals surface area contributed by atoms with E-state index in [9.17, 15) is 0 Å². The molecule has 96 valence electrons. The monoisotopic (exact) mass is 262 g/mol. The fraction of sp³-hybridized carbons (Fsp3) is 0.538. The first-order valence-corrected chi connectivity index (χ1v) is 6.95. The standard InChI is InChI=1S/C13H18N4S/c1-9-14-12(16-10-5-3-2-4-6-10)11-7-8-17(18)13(11)15-9/h7-8,10,18H,2-6H2,1H3,(H,14,15,16). The number of fused-ring (bicyclic) bond motifs is 1. The summed E-state index contributed by atoms with van der Waals surface area (Å²) < 4.78 is 1.75. The van der Waals surface area contributed by atoms with Crippen molar-refractivity contribution in [1.29, 1.82) is 0 Å². The van der Waals surface area contributed by atoms with E-state index in [0.29, 0.717) is 6.04 Å². The molecular weight excluding hydrogens is 244 g/mol. The third-order valence-electron chi connectivity index (χ3n) is 3.58. The number of nitrogens with one attached hydrogen (secondary N) is 1. The van der Waals surface area contributed by atoms with Crippen LogP contribution in [0.15, 0.2) is 12.3 Å². The third kappa shape index (κ3) is 2.19. The van der Waals surface area contributed by atoms with Crippen LogP contribution in [0.3, 0.4) is 0 Å². The van der Waals surface area contributed by atoms with Gasteiger partial charge in [-0.1, -0.05) is 32.1 Å². The minimum absolute atomic E-state index is 0.555. The van der Waals surface area contributed by atoms with E-state index in [1.165, 1.54) is 32.1 Å². The van der Waals surface area contributed by atoms with Gasteiger partial charge in [0.05, 0.1) is 5.39 Å². The molecule has 1 aliphatic carbocycles. The van der Waals surface area contributed by atoms with E-state index >= 15 is 0 Å². The van der Waals surface area contributed by atoms with Gasteiger partial charge in [-0.25, -0.2) is 9.97 Å². The summed E-state index contributed by atoms with van der Waals surface area (Å²) >= 11 is 4.36. The van der Waals surface area contributed by atoms with E-state index in [4.69, 9.17) is 0 Å². The highest BCUT2D eigenvalue weighted by Crippen LogP contribution is 2.26. The van der Waals surface area contributed by atoms with E-state index in [1.807, 2.05) is 19.2 Å². The third-order valence-corrected chi connectivity index (χ3v) is 3.91. The van der Waals surface area contributed by atoms with Crippen LogP contribution in [0.4, 0.5) is 5.82 Å². The summed E-state index contributed by atoms with van der Waals surface area (Å²) in [4.78, 5) is 8.96. The fourth-order valence-electron chi connectivity index (χ4n) is 2.66. The molecule has 0 radical (unpaired) electrons. The maximum atomic E-state index is 4.54. The zero-order valence-electron chi connectivity index (χ0n) is 10.6. The molecule has 0 atom stereocenters. The van der Waals surface area contributed by atoms with Crippen molar-refractivity contribution in [2.75, 3.05) is 5.32 Å². The summed E-state index contributed by atoms with van der Waals surface area (Å²) in [7, 11) is 0. The van der Waals surface area contributed by atoms with Crippen molar-refractivity contribution < 1.29 is 0 Å². The Morgan fingerprint density at radius 2 is 2.06 bits per heavy atom. The van der Waals surface area contributed by atoms with Crippen LogP contribution >= 0.6 is 12.8 Å². The summed E-state index contributed by atoms with van der Waals surface area (Å²) in [5, 5.41) is 4.64. The van der Waals surface area contributed by atoms with Crippen LogP contribution in [0.1, 0.15) is 37.9 Å². The van der Waals surface area contributed by atoms with Crippen molar-refractivity contribution in [1.82, 2.24) is 13.9 Å². The van der Waals surface area contributed by atoms with Gasteiger partial charge in [0.2, 0.25) is 0 Å². The Kier molecular flexibility index (Phi) is 3.16. The highest BCUT2D eigenvalue weighted by atomic mass is 32.1. The van der Waals surface area contributed by atoms with Gasteiger partial charge in [-0.05, 0) is 25.8 Å². The zero-order chi connectivity index (χ0) is 12.5. The minimum atomic E-state index is 0.555. The molecule has 2 heterocycles. The summed E-state index contributed by atoms with van der Waals surface area (Å²) in [6.45, 7) is 1.92. The van der Waals surface area contributed by atoms with Crippen LogP contribution in [0, 0.1) is 6.92 Å². The second-order valence-corrected chi connectivity index (χ2v) is 5.43. The van der Waals surface area contributed by atoms with Crippen LogP contribution in [-0.4, -0.2) is 20.0 Å². The molecule has 1 saturated carbocycles. The van der Waals surface area contributed by atoms with Gasteiger partial charge in [-0.2, -0.15) is 0 Å². The van der Waals surface area contributed by atoms with E-state index in [-0.39, 0.29) is 0 Å². The lowest BCUT2D eigenvalue weighted by Gasteiger charge is -2.23. The molecule has 1 fully saturated rings. The van der Waals surface area contributed by atoms with Crippen LogP contribution < -0.4 is 5.32 Å². The molecule has 0 aliphatic heterocycles. The summed E-state index contributed by atoms with van der Waals surface area (Å²) in [5.74, 6) is 1.74. The van der Waals surface area contributed by atoms with Crippen molar-refractivity contribution in [3.05, 3.63) is 18.1 Å². The lowest BCUT2D eigenvalue weighted by molar-refractivity contribution is 0.462. The molecule has 0 saturated heterocycles. The number of anilines is 1. The molecule has 0 spiro atoms. The molecule has 1 aliphatic rings. The highest BCUT2D eigenvalue weighted by molar-refractivity contribution is 7.78. The maximum absolute atomic E-state index is 4.54. The first-order valence-electron chi connectivity index (χ1n) is 6.55. The second-order valence-electron chi connectivity index (χ2n) is 5.00. The normalized spacial score (nSPS) is 17.2. The van der Waals surface area contributed by atoms with Crippen LogP contribution in [0.25, 0.3) is 11.0 Å². The highest BCUT2D eigenvalue weighted by Gasteiger charge is 2.16. The molecule has 0 amide bonds. The number of hydrogen-bond donors (Lipinski definition) is 2.